The van der Waals surface area contributed by atoms with Crippen molar-refractivity contribution in [2.45, 2.75) is 25.5 Å². The lowest BCUT2D eigenvalue weighted by atomic mass is 10.1. The van der Waals surface area contributed by atoms with Crippen LogP contribution in [0, 0.1) is 0 Å². The molecule has 0 spiro atoms. The molecule has 1 aromatic rings. The molecular formula is C12H18BrNO2S. The van der Waals surface area contributed by atoms with Crippen LogP contribution in [0.2, 0.25) is 0 Å². The Morgan fingerprint density at radius 3 is 3.12 bits per heavy atom. The molecule has 1 aromatic heterocycles. The third-order valence-corrected chi connectivity index (χ3v) is 4.43. The summed E-state index contributed by atoms with van der Waals surface area (Å²) in [6, 6.07) is 2.08. The molecule has 1 aliphatic heterocycles. The lowest BCUT2D eigenvalue weighted by Crippen LogP contribution is -2.38. The fourth-order valence-electron chi connectivity index (χ4n) is 1.92. The Kier molecular flexibility index (Phi) is 5.41. The molecule has 0 bridgehead atoms. The summed E-state index contributed by atoms with van der Waals surface area (Å²) < 4.78 is 12.4. The molecule has 1 N–H and O–H groups in total. The average molecular weight is 320 g/mol. The first-order valence-corrected chi connectivity index (χ1v) is 7.93. The SMILES string of the molecule is CCCNC(c1occc1Br)C1CSCCO1. The maximum absolute atomic E-state index is 5.85. The zero-order valence-electron chi connectivity index (χ0n) is 9.95. The third kappa shape index (κ3) is 3.50. The lowest BCUT2D eigenvalue weighted by molar-refractivity contribution is 0.0407. The minimum absolute atomic E-state index is 0.145. The first-order chi connectivity index (χ1) is 8.33. The van der Waals surface area contributed by atoms with Crippen LogP contribution < -0.4 is 5.32 Å². The van der Waals surface area contributed by atoms with Crippen LogP contribution in [-0.4, -0.2) is 30.8 Å². The molecule has 2 rings (SSSR count). The molecule has 0 aromatic carbocycles. The van der Waals surface area contributed by atoms with E-state index in [-0.39, 0.29) is 12.1 Å². The van der Waals surface area contributed by atoms with Gasteiger partial charge in [0.15, 0.2) is 0 Å². The van der Waals surface area contributed by atoms with Crippen LogP contribution in [0.4, 0.5) is 0 Å². The molecule has 0 amide bonds. The summed E-state index contributed by atoms with van der Waals surface area (Å²) in [5.74, 6) is 3.07. The smallest absolute Gasteiger partial charge is 0.137 e. The van der Waals surface area contributed by atoms with E-state index in [4.69, 9.17) is 9.15 Å². The zero-order chi connectivity index (χ0) is 12.1. The number of halogens is 1. The van der Waals surface area contributed by atoms with Crippen molar-refractivity contribution in [2.24, 2.45) is 0 Å². The topological polar surface area (TPSA) is 34.4 Å². The van der Waals surface area contributed by atoms with Gasteiger partial charge in [0.05, 0.1) is 29.5 Å². The van der Waals surface area contributed by atoms with Gasteiger partial charge in [-0.15, -0.1) is 0 Å². The van der Waals surface area contributed by atoms with E-state index in [2.05, 4.69) is 28.2 Å². The highest BCUT2D eigenvalue weighted by atomic mass is 79.9. The fraction of sp³-hybridized carbons (Fsp3) is 0.667. The summed E-state index contributed by atoms with van der Waals surface area (Å²) in [5.41, 5.74) is 0. The number of hydrogen-bond donors (Lipinski definition) is 1. The molecule has 2 atom stereocenters. The van der Waals surface area contributed by atoms with Crippen LogP contribution in [0.25, 0.3) is 0 Å². The van der Waals surface area contributed by atoms with Crippen molar-refractivity contribution in [3.8, 4) is 0 Å². The van der Waals surface area contributed by atoms with E-state index in [1.807, 2.05) is 17.8 Å². The Hall–Kier alpha value is 0.0300. The fourth-order valence-corrected chi connectivity index (χ4v) is 3.27. The number of hydrogen-bond acceptors (Lipinski definition) is 4. The van der Waals surface area contributed by atoms with Gasteiger partial charge in [0.2, 0.25) is 0 Å². The number of nitrogens with one attached hydrogen (secondary N) is 1. The van der Waals surface area contributed by atoms with E-state index < -0.39 is 0 Å². The van der Waals surface area contributed by atoms with E-state index in [1.54, 1.807) is 6.26 Å². The quantitative estimate of drug-likeness (QED) is 0.903. The van der Waals surface area contributed by atoms with Crippen molar-refractivity contribution in [1.82, 2.24) is 5.32 Å². The monoisotopic (exact) mass is 319 g/mol. The Morgan fingerprint density at radius 1 is 1.65 bits per heavy atom. The number of thioether (sulfide) groups is 1. The molecule has 0 aliphatic carbocycles. The predicted molar refractivity (Wildman–Crippen MR) is 74.5 cm³/mol. The second kappa shape index (κ2) is 6.83. The lowest BCUT2D eigenvalue weighted by Gasteiger charge is -2.30. The molecule has 0 radical (unpaired) electrons. The van der Waals surface area contributed by atoms with E-state index in [1.165, 1.54) is 0 Å². The summed E-state index contributed by atoms with van der Waals surface area (Å²) >= 11 is 5.48. The molecule has 1 fully saturated rings. The van der Waals surface area contributed by atoms with Crippen LogP contribution in [0.15, 0.2) is 21.2 Å². The summed E-state index contributed by atoms with van der Waals surface area (Å²) in [6.45, 7) is 3.97. The van der Waals surface area contributed by atoms with Crippen LogP contribution in [-0.2, 0) is 4.74 Å². The first kappa shape index (κ1) is 13.5. The highest BCUT2D eigenvalue weighted by molar-refractivity contribution is 9.10. The highest BCUT2D eigenvalue weighted by Crippen LogP contribution is 2.31. The summed E-state index contributed by atoms with van der Waals surface area (Å²) in [6.07, 6.45) is 3.02. The minimum Gasteiger partial charge on any atom is -0.466 e. The molecule has 3 nitrogen and oxygen atoms in total. The summed E-state index contributed by atoms with van der Waals surface area (Å²) in [7, 11) is 0. The molecular weight excluding hydrogens is 302 g/mol. The molecule has 2 heterocycles. The minimum atomic E-state index is 0.145. The normalized spacial score (nSPS) is 22.6. The van der Waals surface area contributed by atoms with Crippen LogP contribution >= 0.6 is 27.7 Å². The predicted octanol–water partition coefficient (Wildman–Crippen LogP) is 3.21. The van der Waals surface area contributed by atoms with Gasteiger partial charge in [0, 0.05) is 11.5 Å². The number of furan rings is 1. The molecule has 1 aliphatic rings. The molecule has 96 valence electrons. The Bertz CT molecular complexity index is 339. The Labute approximate surface area is 115 Å². The third-order valence-electron chi connectivity index (χ3n) is 2.75. The standard InChI is InChI=1S/C12H18BrNO2S/c1-2-4-14-11(10-8-17-7-6-15-10)12-9(13)3-5-16-12/h3,5,10-11,14H,2,4,6-8H2,1H3. The van der Waals surface area contributed by atoms with Crippen molar-refractivity contribution < 1.29 is 9.15 Å². The van der Waals surface area contributed by atoms with Crippen molar-refractivity contribution >= 4 is 27.7 Å². The summed E-state index contributed by atoms with van der Waals surface area (Å²) in [4.78, 5) is 0. The van der Waals surface area contributed by atoms with Crippen LogP contribution in [0.3, 0.4) is 0 Å². The van der Waals surface area contributed by atoms with Gasteiger partial charge < -0.3 is 14.5 Å². The largest absolute Gasteiger partial charge is 0.466 e. The van der Waals surface area contributed by atoms with Gasteiger partial charge in [-0.25, -0.2) is 0 Å². The van der Waals surface area contributed by atoms with Gasteiger partial charge in [0.1, 0.15) is 5.76 Å². The maximum Gasteiger partial charge on any atom is 0.137 e. The van der Waals surface area contributed by atoms with E-state index >= 15 is 0 Å². The van der Waals surface area contributed by atoms with Gasteiger partial charge in [0.25, 0.3) is 0 Å². The second-order valence-electron chi connectivity index (χ2n) is 4.05. The van der Waals surface area contributed by atoms with Crippen molar-refractivity contribution in [1.29, 1.82) is 0 Å². The number of ether oxygens (including phenoxy) is 1. The van der Waals surface area contributed by atoms with Gasteiger partial charge >= 0.3 is 0 Å². The van der Waals surface area contributed by atoms with E-state index in [9.17, 15) is 0 Å². The van der Waals surface area contributed by atoms with Crippen molar-refractivity contribution in [3.63, 3.8) is 0 Å². The molecule has 1 saturated heterocycles. The van der Waals surface area contributed by atoms with Gasteiger partial charge in [-0.1, -0.05) is 6.92 Å². The number of rotatable bonds is 5. The zero-order valence-corrected chi connectivity index (χ0v) is 12.4. The van der Waals surface area contributed by atoms with Crippen LogP contribution in [0.5, 0.6) is 0 Å². The van der Waals surface area contributed by atoms with Gasteiger partial charge in [-0.3, -0.25) is 0 Å². The van der Waals surface area contributed by atoms with E-state index in [0.717, 1.165) is 41.3 Å². The maximum atomic E-state index is 5.85. The highest BCUT2D eigenvalue weighted by Gasteiger charge is 2.29. The van der Waals surface area contributed by atoms with Gasteiger partial charge in [-0.05, 0) is 35.0 Å². The van der Waals surface area contributed by atoms with Crippen LogP contribution in [0.1, 0.15) is 25.1 Å². The molecule has 0 saturated carbocycles. The van der Waals surface area contributed by atoms with E-state index in [0.29, 0.717) is 0 Å². The Morgan fingerprint density at radius 2 is 2.53 bits per heavy atom. The molecule has 17 heavy (non-hydrogen) atoms. The average Bonchev–Trinajstić information content (AvgIpc) is 2.78. The Balaban J connectivity index is 2.09. The summed E-state index contributed by atoms with van der Waals surface area (Å²) in [5, 5.41) is 3.52. The van der Waals surface area contributed by atoms with Gasteiger partial charge in [-0.2, -0.15) is 11.8 Å². The van der Waals surface area contributed by atoms with Crippen molar-refractivity contribution in [2.75, 3.05) is 24.7 Å². The second-order valence-corrected chi connectivity index (χ2v) is 6.05. The van der Waals surface area contributed by atoms with Crippen molar-refractivity contribution in [3.05, 3.63) is 22.6 Å². The first-order valence-electron chi connectivity index (χ1n) is 5.98. The molecule has 5 heteroatoms. The molecule has 2 unspecified atom stereocenters.